The summed E-state index contributed by atoms with van der Waals surface area (Å²) in [5.41, 5.74) is 1.57. The molecule has 0 atom stereocenters. The highest BCUT2D eigenvalue weighted by Crippen LogP contribution is 2.52. The van der Waals surface area contributed by atoms with Crippen molar-refractivity contribution in [1.29, 1.82) is 0 Å². The van der Waals surface area contributed by atoms with E-state index in [-0.39, 0.29) is 30.9 Å². The zero-order chi connectivity index (χ0) is 27.7. The summed E-state index contributed by atoms with van der Waals surface area (Å²) >= 11 is 0. The van der Waals surface area contributed by atoms with Crippen LogP contribution in [0.15, 0.2) is 58.4 Å². The fraction of sp³-hybridized carbons (Fsp3) is 0.296. The molecule has 198 valence electrons. The Morgan fingerprint density at radius 2 is 1.87 bits per heavy atom. The highest BCUT2D eigenvalue weighted by atomic mass is 19.4. The standard InChI is InChI=1S/C27H25F3N4O4/c1-4-12-38-23(36)11-10-19-15(3)20(31-22(19)14-35)13-21-24(18(5-2)25(37)32-21)16-6-8-17(9-7-16)26(33-34-26)27(28,29)30/h4,6-9,13-14,31H,1,5,10-12H2,2-3H3,(H,32,37)/b21-13-. The lowest BCUT2D eigenvalue weighted by Crippen LogP contribution is -2.30. The van der Waals surface area contributed by atoms with Crippen molar-refractivity contribution in [3.63, 3.8) is 0 Å². The van der Waals surface area contributed by atoms with Crippen LogP contribution in [0, 0.1) is 6.92 Å². The third-order valence-electron chi connectivity index (χ3n) is 6.52. The summed E-state index contributed by atoms with van der Waals surface area (Å²) in [5.74, 6) is -0.743. The fourth-order valence-corrected chi connectivity index (χ4v) is 4.46. The van der Waals surface area contributed by atoms with Crippen molar-refractivity contribution in [3.8, 4) is 0 Å². The Hall–Kier alpha value is -4.28. The van der Waals surface area contributed by atoms with E-state index in [0.29, 0.717) is 57.6 Å². The number of halogens is 3. The molecule has 3 heterocycles. The Morgan fingerprint density at radius 1 is 1.18 bits per heavy atom. The number of carbonyl (C=O) groups excluding carboxylic acids is 3. The molecule has 2 aliphatic rings. The Bertz CT molecular complexity index is 1390. The van der Waals surface area contributed by atoms with Gasteiger partial charge in [0.05, 0.1) is 11.4 Å². The number of esters is 1. The second-order valence-electron chi connectivity index (χ2n) is 8.81. The zero-order valence-corrected chi connectivity index (χ0v) is 20.7. The number of allylic oxidation sites excluding steroid dienone is 1. The second-order valence-corrected chi connectivity index (χ2v) is 8.81. The molecule has 2 N–H and O–H groups in total. The summed E-state index contributed by atoms with van der Waals surface area (Å²) < 4.78 is 45.2. The van der Waals surface area contributed by atoms with Gasteiger partial charge in [-0.2, -0.15) is 13.2 Å². The smallest absolute Gasteiger partial charge is 0.442 e. The van der Waals surface area contributed by atoms with Crippen LogP contribution in [0.3, 0.4) is 0 Å². The summed E-state index contributed by atoms with van der Waals surface area (Å²) in [5, 5.41) is 9.28. The molecule has 0 unspecified atom stereocenters. The number of ether oxygens (including phenoxy) is 1. The SMILES string of the molecule is C=CCOC(=O)CCc1c(C=O)[nH]c(/C=C2\NC(=O)C(CC)=C2c2ccc(C3(C(F)(F)F)N=N3)cc2)c1C. The number of rotatable bonds is 10. The average molecular weight is 527 g/mol. The topological polar surface area (TPSA) is 113 Å². The molecule has 0 fully saturated rings. The lowest BCUT2D eigenvalue weighted by Gasteiger charge is -2.15. The van der Waals surface area contributed by atoms with Crippen LogP contribution in [0.5, 0.6) is 0 Å². The van der Waals surface area contributed by atoms with E-state index in [9.17, 15) is 27.6 Å². The first kappa shape index (κ1) is 26.8. The molecule has 0 saturated heterocycles. The predicted molar refractivity (Wildman–Crippen MR) is 133 cm³/mol. The fourth-order valence-electron chi connectivity index (χ4n) is 4.46. The van der Waals surface area contributed by atoms with Crippen molar-refractivity contribution < 1.29 is 32.3 Å². The van der Waals surface area contributed by atoms with Gasteiger partial charge in [-0.25, -0.2) is 0 Å². The molecule has 11 heteroatoms. The first-order valence-corrected chi connectivity index (χ1v) is 11.9. The predicted octanol–water partition coefficient (Wildman–Crippen LogP) is 5.31. The Kier molecular flexibility index (Phi) is 7.21. The summed E-state index contributed by atoms with van der Waals surface area (Å²) in [6, 6.07) is 5.61. The van der Waals surface area contributed by atoms with Crippen molar-refractivity contribution in [2.75, 3.05) is 6.61 Å². The van der Waals surface area contributed by atoms with Gasteiger partial charge in [-0.1, -0.05) is 43.8 Å². The van der Waals surface area contributed by atoms with Gasteiger partial charge in [-0.05, 0) is 42.5 Å². The van der Waals surface area contributed by atoms with Crippen LogP contribution in [-0.2, 0) is 26.4 Å². The molecular weight excluding hydrogens is 501 g/mol. The van der Waals surface area contributed by atoms with Crippen molar-refractivity contribution >= 4 is 29.8 Å². The maximum atomic E-state index is 13.4. The molecule has 2 aromatic rings. The Balaban J connectivity index is 1.67. The van der Waals surface area contributed by atoms with Crippen molar-refractivity contribution in [1.82, 2.24) is 10.3 Å². The van der Waals surface area contributed by atoms with Gasteiger partial charge in [-0.3, -0.25) is 14.4 Å². The normalized spacial score (nSPS) is 17.1. The van der Waals surface area contributed by atoms with Gasteiger partial charge in [0, 0.05) is 28.8 Å². The number of benzene rings is 1. The molecule has 38 heavy (non-hydrogen) atoms. The monoisotopic (exact) mass is 526 g/mol. The molecule has 1 aromatic carbocycles. The zero-order valence-electron chi connectivity index (χ0n) is 20.7. The summed E-state index contributed by atoms with van der Waals surface area (Å²) in [6.45, 7) is 7.18. The van der Waals surface area contributed by atoms with Crippen molar-refractivity contribution in [2.24, 2.45) is 10.2 Å². The quantitative estimate of drug-likeness (QED) is 0.248. The molecule has 0 aliphatic carbocycles. The average Bonchev–Trinajstić information content (AvgIpc) is 3.58. The van der Waals surface area contributed by atoms with Gasteiger partial charge in [0.25, 0.3) is 5.91 Å². The van der Waals surface area contributed by atoms with Crippen LogP contribution in [0.25, 0.3) is 11.6 Å². The van der Waals surface area contributed by atoms with E-state index in [1.54, 1.807) is 19.9 Å². The minimum atomic E-state index is -4.64. The third-order valence-corrected chi connectivity index (χ3v) is 6.52. The van der Waals surface area contributed by atoms with Gasteiger partial charge >= 0.3 is 17.8 Å². The van der Waals surface area contributed by atoms with Gasteiger partial charge in [-0.15, -0.1) is 10.2 Å². The molecule has 1 aromatic heterocycles. The van der Waals surface area contributed by atoms with Crippen LogP contribution in [0.4, 0.5) is 13.2 Å². The number of carbonyl (C=O) groups is 3. The van der Waals surface area contributed by atoms with E-state index in [2.05, 4.69) is 27.1 Å². The number of nitrogens with one attached hydrogen (secondary N) is 2. The summed E-state index contributed by atoms with van der Waals surface area (Å²) in [6.07, 6.45) is -0.124. The van der Waals surface area contributed by atoms with Crippen molar-refractivity contribution in [2.45, 2.75) is 44.9 Å². The Morgan fingerprint density at radius 3 is 2.42 bits per heavy atom. The number of aldehydes is 1. The number of H-pyrrole nitrogens is 1. The largest absolute Gasteiger partial charge is 0.461 e. The van der Waals surface area contributed by atoms with Crippen LogP contribution in [0.2, 0.25) is 0 Å². The van der Waals surface area contributed by atoms with Gasteiger partial charge in [0.15, 0.2) is 6.29 Å². The highest BCUT2D eigenvalue weighted by Gasteiger charge is 2.65. The maximum Gasteiger partial charge on any atom is 0.442 e. The van der Waals surface area contributed by atoms with E-state index in [1.807, 2.05) is 0 Å². The van der Waals surface area contributed by atoms with E-state index in [4.69, 9.17) is 4.74 Å². The Labute approximate surface area is 216 Å². The number of nitrogens with zero attached hydrogens (tertiary/aromatic N) is 2. The number of hydrogen-bond donors (Lipinski definition) is 2. The number of hydrogen-bond acceptors (Lipinski definition) is 6. The lowest BCUT2D eigenvalue weighted by atomic mass is 9.94. The van der Waals surface area contributed by atoms with E-state index >= 15 is 0 Å². The van der Waals surface area contributed by atoms with Crippen LogP contribution >= 0.6 is 0 Å². The van der Waals surface area contributed by atoms with Gasteiger partial charge in [0.2, 0.25) is 0 Å². The number of aromatic amines is 1. The third kappa shape index (κ3) is 4.83. The lowest BCUT2D eigenvalue weighted by molar-refractivity contribution is -0.166. The van der Waals surface area contributed by atoms with Crippen LogP contribution in [-0.4, -0.2) is 35.9 Å². The number of aromatic nitrogens is 1. The molecule has 4 rings (SSSR count). The van der Waals surface area contributed by atoms with Crippen LogP contribution < -0.4 is 5.32 Å². The second kappa shape index (κ2) is 10.2. The minimum Gasteiger partial charge on any atom is -0.461 e. The molecule has 0 spiro atoms. The summed E-state index contributed by atoms with van der Waals surface area (Å²) in [4.78, 5) is 39.4. The number of alkyl halides is 3. The maximum absolute atomic E-state index is 13.4. The summed E-state index contributed by atoms with van der Waals surface area (Å²) in [7, 11) is 0. The molecule has 0 bridgehead atoms. The highest BCUT2D eigenvalue weighted by molar-refractivity contribution is 6.13. The van der Waals surface area contributed by atoms with E-state index < -0.39 is 17.8 Å². The molecular formula is C27H25F3N4O4. The molecule has 0 saturated carbocycles. The van der Waals surface area contributed by atoms with Crippen molar-refractivity contribution in [3.05, 3.63) is 81.8 Å². The van der Waals surface area contributed by atoms with E-state index in [1.165, 1.54) is 30.3 Å². The number of amides is 1. The van der Waals surface area contributed by atoms with Crippen LogP contribution in [0.1, 0.15) is 58.2 Å². The molecule has 2 aliphatic heterocycles. The van der Waals surface area contributed by atoms with Gasteiger partial charge in [0.1, 0.15) is 6.61 Å². The first-order chi connectivity index (χ1) is 18.1. The first-order valence-electron chi connectivity index (χ1n) is 11.9. The molecule has 1 amide bonds. The molecule has 8 nitrogen and oxygen atoms in total. The minimum absolute atomic E-state index is 0.0651. The molecule has 0 radical (unpaired) electrons. The van der Waals surface area contributed by atoms with Gasteiger partial charge < -0.3 is 15.0 Å². The van der Waals surface area contributed by atoms with E-state index in [0.717, 1.165) is 0 Å².